The van der Waals surface area contributed by atoms with Crippen LogP contribution in [0.3, 0.4) is 0 Å². The number of benzene rings is 1. The third-order valence-electron chi connectivity index (χ3n) is 6.37. The Morgan fingerprint density at radius 3 is 2.64 bits per heavy atom. The predicted octanol–water partition coefficient (Wildman–Crippen LogP) is 4.77. The van der Waals surface area contributed by atoms with Crippen molar-refractivity contribution in [3.8, 4) is 0 Å². The molecule has 2 fully saturated rings. The highest BCUT2D eigenvalue weighted by atomic mass is 35.5. The third-order valence-corrected chi connectivity index (χ3v) is 7.53. The summed E-state index contributed by atoms with van der Waals surface area (Å²) in [5, 5.41) is 13.4. The number of carboxylic acid groups (broad SMARTS) is 1. The van der Waals surface area contributed by atoms with E-state index in [1.54, 1.807) is 36.0 Å². The third kappa shape index (κ3) is 7.27. The fourth-order valence-corrected chi connectivity index (χ4v) is 5.47. The predicted molar refractivity (Wildman–Crippen MR) is 139 cm³/mol. The van der Waals surface area contributed by atoms with E-state index in [-0.39, 0.29) is 46.7 Å². The molecular weight excluding hydrogens is 505 g/mol. The van der Waals surface area contributed by atoms with Crippen molar-refractivity contribution in [3.05, 3.63) is 59.2 Å². The molecule has 194 valence electrons. The summed E-state index contributed by atoms with van der Waals surface area (Å²) < 4.78 is 16.5. The number of ketones is 1. The fraction of sp³-hybridized carbons (Fsp3) is 0.462. The van der Waals surface area contributed by atoms with E-state index < -0.39 is 12.0 Å². The SMILES string of the molecule is CC(=O)SC1CCN(C(C(=O)C2CC2)c2ccccc2F)C/C1=C/c1ccn(CCCC(=O)O)n1.Cl. The summed E-state index contributed by atoms with van der Waals surface area (Å²) in [6, 6.07) is 7.69. The summed E-state index contributed by atoms with van der Waals surface area (Å²) in [5.41, 5.74) is 2.09. The Balaban J connectivity index is 0.00000361. The lowest BCUT2D eigenvalue weighted by Gasteiger charge is -2.38. The molecule has 1 saturated carbocycles. The molecule has 2 aromatic rings. The Morgan fingerprint density at radius 1 is 1.22 bits per heavy atom. The zero-order valence-electron chi connectivity index (χ0n) is 20.1. The van der Waals surface area contributed by atoms with Crippen molar-refractivity contribution in [2.75, 3.05) is 13.1 Å². The topological polar surface area (TPSA) is 92.5 Å². The number of Topliss-reactive ketones (excluding diaryl/α,β-unsaturated/α-hetero) is 1. The molecule has 2 heterocycles. The first-order chi connectivity index (χ1) is 16.8. The molecule has 4 rings (SSSR count). The summed E-state index contributed by atoms with van der Waals surface area (Å²) in [6.07, 6.45) is 6.68. The van der Waals surface area contributed by atoms with Crippen LogP contribution in [0.5, 0.6) is 0 Å². The first kappa shape index (κ1) is 28.1. The Bertz CT molecular complexity index is 1130. The van der Waals surface area contributed by atoms with Crippen LogP contribution in [0.15, 0.2) is 42.1 Å². The number of carbonyl (C=O) groups is 3. The highest BCUT2D eigenvalue weighted by molar-refractivity contribution is 8.14. The molecule has 0 spiro atoms. The summed E-state index contributed by atoms with van der Waals surface area (Å²) in [4.78, 5) is 38.0. The normalized spacial score (nSPS) is 20.1. The van der Waals surface area contributed by atoms with Crippen LogP contribution < -0.4 is 0 Å². The molecule has 0 bridgehead atoms. The van der Waals surface area contributed by atoms with Gasteiger partial charge in [0.2, 0.25) is 0 Å². The van der Waals surface area contributed by atoms with Crippen LogP contribution in [-0.2, 0) is 20.9 Å². The molecule has 7 nitrogen and oxygen atoms in total. The molecule has 36 heavy (non-hydrogen) atoms. The number of carbonyl (C=O) groups excluding carboxylic acids is 2. The first-order valence-electron chi connectivity index (χ1n) is 12.0. The number of piperidine rings is 1. The smallest absolute Gasteiger partial charge is 0.303 e. The molecule has 1 saturated heterocycles. The van der Waals surface area contributed by atoms with Gasteiger partial charge < -0.3 is 5.11 Å². The number of carboxylic acids is 1. The minimum Gasteiger partial charge on any atom is -0.481 e. The number of hydrogen-bond acceptors (Lipinski definition) is 6. The highest BCUT2D eigenvalue weighted by Gasteiger charge is 2.41. The average Bonchev–Trinajstić information content (AvgIpc) is 3.57. The van der Waals surface area contributed by atoms with Crippen molar-refractivity contribution in [2.45, 2.75) is 56.9 Å². The minimum atomic E-state index is -0.837. The van der Waals surface area contributed by atoms with Crippen LogP contribution in [0.25, 0.3) is 6.08 Å². The second kappa shape index (κ2) is 12.7. The largest absolute Gasteiger partial charge is 0.481 e. The Kier molecular flexibility index (Phi) is 9.87. The van der Waals surface area contributed by atoms with Gasteiger partial charge in [-0.3, -0.25) is 24.0 Å². The number of aryl methyl sites for hydroxylation is 1. The van der Waals surface area contributed by atoms with Gasteiger partial charge in [-0.2, -0.15) is 5.10 Å². The number of likely N-dealkylation sites (tertiary alicyclic amines) is 1. The summed E-state index contributed by atoms with van der Waals surface area (Å²) in [7, 11) is 0. The monoisotopic (exact) mass is 535 g/mol. The van der Waals surface area contributed by atoms with Crippen LogP contribution in [0, 0.1) is 11.7 Å². The van der Waals surface area contributed by atoms with Gasteiger partial charge in [-0.05, 0) is 49.5 Å². The van der Waals surface area contributed by atoms with Crippen LogP contribution in [0.4, 0.5) is 4.39 Å². The number of aromatic nitrogens is 2. The molecule has 10 heteroatoms. The van der Waals surface area contributed by atoms with E-state index in [2.05, 4.69) is 5.10 Å². The van der Waals surface area contributed by atoms with Gasteiger partial charge in [-0.25, -0.2) is 4.39 Å². The summed E-state index contributed by atoms with van der Waals surface area (Å²) in [5.74, 6) is -1.17. The molecule has 1 N–H and O–H groups in total. The van der Waals surface area contributed by atoms with Crippen molar-refractivity contribution < 1.29 is 23.9 Å². The molecule has 0 radical (unpaired) electrons. The van der Waals surface area contributed by atoms with Crippen LogP contribution >= 0.6 is 24.2 Å². The molecule has 1 aromatic carbocycles. The van der Waals surface area contributed by atoms with Gasteiger partial charge in [0, 0.05) is 55.9 Å². The van der Waals surface area contributed by atoms with Gasteiger partial charge in [0.1, 0.15) is 5.82 Å². The van der Waals surface area contributed by atoms with Crippen molar-refractivity contribution in [2.24, 2.45) is 5.92 Å². The van der Waals surface area contributed by atoms with E-state index in [9.17, 15) is 18.8 Å². The van der Waals surface area contributed by atoms with E-state index >= 15 is 0 Å². The molecule has 2 aliphatic rings. The van der Waals surface area contributed by atoms with Crippen LogP contribution in [0.1, 0.15) is 56.3 Å². The Hall–Kier alpha value is -2.49. The maximum atomic E-state index is 14.8. The standard InChI is InChI=1S/C26H30FN3O4S.ClH/c1-17(31)35-23-11-13-29(25(26(34)18-8-9-18)21-5-2-3-6-22(21)27)16-19(23)15-20-10-14-30(28-20)12-4-7-24(32)33;/h2-3,5-6,10,14-15,18,23,25H,4,7-9,11-13,16H2,1H3,(H,32,33);1H/b19-15-;. The lowest BCUT2D eigenvalue weighted by atomic mass is 9.93. The van der Waals surface area contributed by atoms with Crippen molar-refractivity contribution in [1.29, 1.82) is 0 Å². The number of aliphatic carboxylic acids is 1. The maximum absolute atomic E-state index is 14.8. The van der Waals surface area contributed by atoms with E-state index in [4.69, 9.17) is 5.11 Å². The van der Waals surface area contributed by atoms with E-state index in [0.29, 0.717) is 43.7 Å². The molecular formula is C26H31ClFN3O4S. The maximum Gasteiger partial charge on any atom is 0.303 e. The molecule has 1 aliphatic heterocycles. The average molecular weight is 536 g/mol. The number of rotatable bonds is 10. The van der Waals surface area contributed by atoms with E-state index in [1.165, 1.54) is 17.8 Å². The number of hydrogen-bond donors (Lipinski definition) is 1. The zero-order chi connectivity index (χ0) is 24.9. The minimum absolute atomic E-state index is 0. The second-order valence-corrected chi connectivity index (χ2v) is 10.6. The second-order valence-electron chi connectivity index (χ2n) is 9.18. The lowest BCUT2D eigenvalue weighted by Crippen LogP contribution is -2.43. The van der Waals surface area contributed by atoms with E-state index in [1.807, 2.05) is 17.0 Å². The lowest BCUT2D eigenvalue weighted by molar-refractivity contribution is -0.137. The van der Waals surface area contributed by atoms with Gasteiger partial charge in [0.15, 0.2) is 10.9 Å². The zero-order valence-corrected chi connectivity index (χ0v) is 21.8. The van der Waals surface area contributed by atoms with Gasteiger partial charge in [-0.1, -0.05) is 30.0 Å². The molecule has 0 amide bonds. The summed E-state index contributed by atoms with van der Waals surface area (Å²) >= 11 is 1.27. The number of thioether (sulfide) groups is 1. The van der Waals surface area contributed by atoms with Gasteiger partial charge in [-0.15, -0.1) is 12.4 Å². The molecule has 1 aliphatic carbocycles. The quantitative estimate of drug-likeness (QED) is 0.468. The first-order valence-corrected chi connectivity index (χ1v) is 12.8. The number of halogens is 2. The molecule has 1 aromatic heterocycles. The van der Waals surface area contributed by atoms with Gasteiger partial charge in [0.05, 0.1) is 11.7 Å². The van der Waals surface area contributed by atoms with Gasteiger partial charge in [0.25, 0.3) is 0 Å². The fourth-order valence-electron chi connectivity index (χ4n) is 4.56. The van der Waals surface area contributed by atoms with Gasteiger partial charge >= 0.3 is 5.97 Å². The van der Waals surface area contributed by atoms with Crippen molar-refractivity contribution >= 4 is 47.1 Å². The Morgan fingerprint density at radius 2 is 1.97 bits per heavy atom. The van der Waals surface area contributed by atoms with Crippen LogP contribution in [-0.4, -0.2) is 55.0 Å². The van der Waals surface area contributed by atoms with Crippen molar-refractivity contribution in [1.82, 2.24) is 14.7 Å². The Labute approximate surface area is 220 Å². The van der Waals surface area contributed by atoms with Crippen LogP contribution in [0.2, 0.25) is 0 Å². The summed E-state index contributed by atoms with van der Waals surface area (Å²) in [6.45, 7) is 3.07. The van der Waals surface area contributed by atoms with Crippen molar-refractivity contribution in [3.63, 3.8) is 0 Å². The molecule has 2 atom stereocenters. The molecule has 2 unspecified atom stereocenters. The number of nitrogens with zero attached hydrogens (tertiary/aromatic N) is 3. The highest BCUT2D eigenvalue weighted by Crippen LogP contribution is 2.40. The van der Waals surface area contributed by atoms with E-state index in [0.717, 1.165) is 18.4 Å².